The van der Waals surface area contributed by atoms with E-state index in [-0.39, 0.29) is 11.7 Å². The number of nitrogens with zero attached hydrogens (tertiary/aromatic N) is 4. The van der Waals surface area contributed by atoms with Crippen LogP contribution in [-0.2, 0) is 4.79 Å². The molecule has 8 heteroatoms. The van der Waals surface area contributed by atoms with Gasteiger partial charge in [0, 0.05) is 10.6 Å². The lowest BCUT2D eigenvalue weighted by Crippen LogP contribution is -2.14. The Kier molecular flexibility index (Phi) is 7.82. The molecule has 3 aromatic rings. The van der Waals surface area contributed by atoms with Gasteiger partial charge in [0.05, 0.1) is 22.7 Å². The van der Waals surface area contributed by atoms with Crippen LogP contribution in [0.2, 0.25) is 0 Å². The lowest BCUT2D eigenvalue weighted by atomic mass is 10.1. The smallest absolute Gasteiger partial charge is 0.234 e. The molecule has 1 aromatic heterocycles. The number of pyridine rings is 1. The van der Waals surface area contributed by atoms with Gasteiger partial charge in [-0.15, -0.1) is 16.9 Å². The maximum atomic E-state index is 12.4. The largest absolute Gasteiger partial charge is 0.325 e. The van der Waals surface area contributed by atoms with Crippen LogP contribution in [0.25, 0.3) is 0 Å². The Morgan fingerprint density at radius 1 is 1.13 bits per heavy atom. The number of nitriles is 1. The fourth-order valence-electron chi connectivity index (χ4n) is 2.83. The molecular weight excluding hydrogens is 426 g/mol. The number of aromatic nitrogens is 1. The van der Waals surface area contributed by atoms with Crippen LogP contribution in [0.4, 0.5) is 17.1 Å². The van der Waals surface area contributed by atoms with E-state index in [2.05, 4.69) is 26.6 Å². The molecule has 1 heterocycles. The number of thioether (sulfide) groups is 2. The molecule has 31 heavy (non-hydrogen) atoms. The summed E-state index contributed by atoms with van der Waals surface area (Å²) in [6, 6.07) is 19.2. The van der Waals surface area contributed by atoms with Crippen molar-refractivity contribution < 1.29 is 4.79 Å². The van der Waals surface area contributed by atoms with Crippen LogP contribution >= 0.6 is 23.5 Å². The number of hydrogen-bond acceptors (Lipinski definition) is 7. The van der Waals surface area contributed by atoms with Crippen molar-refractivity contribution in [3.63, 3.8) is 0 Å². The van der Waals surface area contributed by atoms with Gasteiger partial charge in [0.1, 0.15) is 16.8 Å². The first kappa shape index (κ1) is 22.5. The van der Waals surface area contributed by atoms with Crippen LogP contribution in [0.5, 0.6) is 0 Å². The Morgan fingerprint density at radius 2 is 1.90 bits per heavy atom. The second-order valence-electron chi connectivity index (χ2n) is 6.57. The highest BCUT2D eigenvalue weighted by molar-refractivity contribution is 8.00. The molecule has 0 saturated heterocycles. The highest BCUT2D eigenvalue weighted by atomic mass is 32.2. The van der Waals surface area contributed by atoms with Crippen molar-refractivity contribution in [2.45, 2.75) is 23.8 Å². The molecule has 2 aromatic carbocycles. The standard InChI is InChI=1S/C23H21N5OS2/c1-15-20(13-24)23(25-16(2)22(15)28-27-17-8-5-4-6-9-17)31-14-21(29)26-18-10-7-11-19(12-18)30-3/h4-12H,14H2,1-3H3,(H,26,29). The molecule has 0 atom stereocenters. The van der Waals surface area contributed by atoms with Gasteiger partial charge in [0.25, 0.3) is 0 Å². The van der Waals surface area contributed by atoms with E-state index in [1.165, 1.54) is 11.8 Å². The number of anilines is 1. The third-order valence-electron chi connectivity index (χ3n) is 4.38. The van der Waals surface area contributed by atoms with E-state index in [0.717, 1.165) is 16.3 Å². The van der Waals surface area contributed by atoms with Gasteiger partial charge in [0.15, 0.2) is 0 Å². The normalized spacial score (nSPS) is 10.8. The fraction of sp³-hybridized carbons (Fsp3) is 0.174. The highest BCUT2D eigenvalue weighted by Gasteiger charge is 2.16. The summed E-state index contributed by atoms with van der Waals surface area (Å²) in [7, 11) is 0. The lowest BCUT2D eigenvalue weighted by molar-refractivity contribution is -0.113. The predicted molar refractivity (Wildman–Crippen MR) is 127 cm³/mol. The molecule has 0 spiro atoms. The summed E-state index contributed by atoms with van der Waals surface area (Å²) in [6.45, 7) is 3.65. The lowest BCUT2D eigenvalue weighted by Gasteiger charge is -2.11. The first-order valence-corrected chi connectivity index (χ1v) is 11.7. The van der Waals surface area contributed by atoms with Gasteiger partial charge in [-0.2, -0.15) is 10.4 Å². The van der Waals surface area contributed by atoms with Crippen molar-refractivity contribution in [1.82, 2.24) is 4.98 Å². The van der Waals surface area contributed by atoms with Crippen LogP contribution in [-0.4, -0.2) is 22.9 Å². The summed E-state index contributed by atoms with van der Waals surface area (Å²) in [5.41, 5.74) is 3.81. The third-order valence-corrected chi connectivity index (χ3v) is 6.08. The van der Waals surface area contributed by atoms with E-state index < -0.39 is 0 Å². The van der Waals surface area contributed by atoms with Gasteiger partial charge in [-0.05, 0) is 56.0 Å². The summed E-state index contributed by atoms with van der Waals surface area (Å²) in [5.74, 6) is -0.00772. The zero-order valence-corrected chi connectivity index (χ0v) is 19.0. The summed E-state index contributed by atoms with van der Waals surface area (Å²) in [4.78, 5) is 18.0. The van der Waals surface area contributed by atoms with Gasteiger partial charge in [-0.3, -0.25) is 4.79 Å². The number of aryl methyl sites for hydroxylation is 1. The Bertz CT molecular complexity index is 1160. The highest BCUT2D eigenvalue weighted by Crippen LogP contribution is 2.33. The number of azo groups is 1. The molecule has 0 aliphatic heterocycles. The molecule has 3 rings (SSSR count). The van der Waals surface area contributed by atoms with Gasteiger partial charge < -0.3 is 5.32 Å². The first-order chi connectivity index (χ1) is 15.0. The molecular formula is C23H21N5OS2. The summed E-state index contributed by atoms with van der Waals surface area (Å²) in [5, 5.41) is 21.6. The van der Waals surface area contributed by atoms with E-state index >= 15 is 0 Å². The number of hydrogen-bond donors (Lipinski definition) is 1. The molecule has 0 radical (unpaired) electrons. The monoisotopic (exact) mass is 447 g/mol. The van der Waals surface area contributed by atoms with Crippen LogP contribution < -0.4 is 5.32 Å². The number of carbonyl (C=O) groups is 1. The van der Waals surface area contributed by atoms with Crippen molar-refractivity contribution in [3.05, 3.63) is 71.4 Å². The number of amides is 1. The minimum absolute atomic E-state index is 0.148. The van der Waals surface area contributed by atoms with Crippen molar-refractivity contribution in [2.75, 3.05) is 17.3 Å². The van der Waals surface area contributed by atoms with Crippen LogP contribution in [0, 0.1) is 25.2 Å². The van der Waals surface area contributed by atoms with Gasteiger partial charge >= 0.3 is 0 Å². The van der Waals surface area contributed by atoms with Crippen LogP contribution in [0.1, 0.15) is 16.8 Å². The molecule has 1 N–H and O–H groups in total. The summed E-state index contributed by atoms with van der Waals surface area (Å²) < 4.78 is 0. The average molecular weight is 448 g/mol. The van der Waals surface area contributed by atoms with Gasteiger partial charge in [-0.25, -0.2) is 4.98 Å². The van der Waals surface area contributed by atoms with Gasteiger partial charge in [0.2, 0.25) is 5.91 Å². The predicted octanol–water partition coefficient (Wildman–Crippen LogP) is 6.44. The Balaban J connectivity index is 1.75. The number of benzene rings is 2. The molecule has 1 amide bonds. The molecule has 0 fully saturated rings. The van der Waals surface area contributed by atoms with Crippen molar-refractivity contribution >= 4 is 46.5 Å². The Labute approximate surface area is 190 Å². The summed E-state index contributed by atoms with van der Waals surface area (Å²) in [6.07, 6.45) is 1.99. The molecule has 0 unspecified atom stereocenters. The zero-order valence-electron chi connectivity index (χ0n) is 17.4. The second-order valence-corrected chi connectivity index (χ2v) is 8.41. The number of carbonyl (C=O) groups excluding carboxylic acids is 1. The maximum Gasteiger partial charge on any atom is 0.234 e. The minimum Gasteiger partial charge on any atom is -0.325 e. The van der Waals surface area contributed by atoms with Gasteiger partial charge in [-0.1, -0.05) is 36.0 Å². The third kappa shape index (κ3) is 5.94. The quantitative estimate of drug-likeness (QED) is 0.332. The molecule has 0 aliphatic rings. The van der Waals surface area contributed by atoms with Crippen molar-refractivity contribution in [2.24, 2.45) is 10.2 Å². The SMILES string of the molecule is CSc1cccc(NC(=O)CSc2nc(C)c(N=Nc3ccccc3)c(C)c2C#N)c1. The average Bonchev–Trinajstić information content (AvgIpc) is 2.78. The van der Waals surface area contributed by atoms with E-state index in [1.54, 1.807) is 11.8 Å². The molecule has 6 nitrogen and oxygen atoms in total. The van der Waals surface area contributed by atoms with E-state index in [4.69, 9.17) is 0 Å². The van der Waals surface area contributed by atoms with Crippen LogP contribution in [0.3, 0.4) is 0 Å². The first-order valence-electron chi connectivity index (χ1n) is 9.46. The second kappa shape index (κ2) is 10.8. The molecule has 0 saturated carbocycles. The zero-order chi connectivity index (χ0) is 22.2. The van der Waals surface area contributed by atoms with E-state index in [0.29, 0.717) is 27.5 Å². The summed E-state index contributed by atoms with van der Waals surface area (Å²) >= 11 is 2.85. The van der Waals surface area contributed by atoms with Crippen LogP contribution in [0.15, 0.2) is 74.7 Å². The minimum atomic E-state index is -0.155. The topological polar surface area (TPSA) is 90.5 Å². The fourth-order valence-corrected chi connectivity index (χ4v) is 4.17. The van der Waals surface area contributed by atoms with Crippen molar-refractivity contribution in [1.29, 1.82) is 5.26 Å². The number of rotatable bonds is 7. The van der Waals surface area contributed by atoms with E-state index in [9.17, 15) is 10.1 Å². The Hall–Kier alpha value is -3.15. The van der Waals surface area contributed by atoms with Crippen molar-refractivity contribution in [3.8, 4) is 6.07 Å². The molecule has 156 valence electrons. The molecule has 0 bridgehead atoms. The Morgan fingerprint density at radius 3 is 2.61 bits per heavy atom. The number of nitrogens with one attached hydrogen (secondary N) is 1. The maximum absolute atomic E-state index is 12.4. The van der Waals surface area contributed by atoms with E-state index in [1.807, 2.05) is 74.7 Å². The molecule has 0 aliphatic carbocycles.